The van der Waals surface area contributed by atoms with Gasteiger partial charge in [-0.2, -0.15) is 22.0 Å². The molecule has 1 rings (SSSR count). The van der Waals surface area contributed by atoms with Gasteiger partial charge in [-0.15, -0.1) is 0 Å². The molecule has 0 aliphatic carbocycles. The van der Waals surface area contributed by atoms with Crippen LogP contribution >= 0.6 is 0 Å². The van der Waals surface area contributed by atoms with Gasteiger partial charge in [0.25, 0.3) is 0 Å². The monoisotopic (exact) mass is 282 g/mol. The average molecular weight is 282 g/mol. The molecule has 0 aromatic heterocycles. The number of amides is 1. The molecule has 0 bridgehead atoms. The summed E-state index contributed by atoms with van der Waals surface area (Å²) in [5.74, 6) is -7.79. The summed E-state index contributed by atoms with van der Waals surface area (Å²) in [6, 6.07) is 6.26. The van der Waals surface area contributed by atoms with E-state index in [1.54, 1.807) is 23.5 Å². The van der Waals surface area contributed by atoms with Gasteiger partial charge in [0.15, 0.2) is 0 Å². The van der Waals surface area contributed by atoms with Crippen LogP contribution in [-0.4, -0.2) is 18.0 Å². The third-order valence-electron chi connectivity index (χ3n) is 2.42. The van der Waals surface area contributed by atoms with E-state index in [0.717, 1.165) is 0 Å². The van der Waals surface area contributed by atoms with Crippen LogP contribution in [-0.2, 0) is 17.9 Å². The maximum absolute atomic E-state index is 12.6. The fourth-order valence-electron chi connectivity index (χ4n) is 1.34. The lowest BCUT2D eigenvalue weighted by Gasteiger charge is -2.19. The maximum atomic E-state index is 12.6. The summed E-state index contributed by atoms with van der Waals surface area (Å²) in [6.07, 6.45) is -5.91. The maximum Gasteiger partial charge on any atom is 0.463 e. The van der Waals surface area contributed by atoms with Gasteiger partial charge in [0, 0.05) is 13.1 Å². The fourth-order valence-corrected chi connectivity index (χ4v) is 1.34. The number of alkyl halides is 5. The Labute approximate surface area is 105 Å². The quantitative estimate of drug-likeness (QED) is 0.829. The summed E-state index contributed by atoms with van der Waals surface area (Å²) in [4.78, 5) is 10.9. The van der Waals surface area contributed by atoms with Gasteiger partial charge < -0.3 is 11.1 Å². The fraction of sp³-hybridized carbons (Fsp3) is 0.364. The Bertz CT molecular complexity index is 459. The minimum Gasteiger partial charge on any atom is -0.346 e. The van der Waals surface area contributed by atoms with Crippen molar-refractivity contribution in [3.05, 3.63) is 35.4 Å². The lowest BCUT2D eigenvalue weighted by molar-refractivity contribution is -0.269. The first kappa shape index (κ1) is 15.4. The Morgan fingerprint density at radius 3 is 2.11 bits per heavy atom. The summed E-state index contributed by atoms with van der Waals surface area (Å²) >= 11 is 0. The summed E-state index contributed by atoms with van der Waals surface area (Å²) in [6.45, 7) is -0.362. The van der Waals surface area contributed by atoms with Gasteiger partial charge in [0.2, 0.25) is 0 Å². The molecule has 0 atom stereocenters. The second-order valence-corrected chi connectivity index (χ2v) is 3.73. The van der Waals surface area contributed by atoms with Crippen LogP contribution < -0.4 is 11.1 Å². The number of carbonyl (C=O) groups is 1. The van der Waals surface area contributed by atoms with Crippen molar-refractivity contribution in [2.75, 3.05) is 0 Å². The first-order valence-corrected chi connectivity index (χ1v) is 5.20. The van der Waals surface area contributed by atoms with Gasteiger partial charge in [0.1, 0.15) is 0 Å². The lowest BCUT2D eigenvalue weighted by Crippen LogP contribution is -2.50. The molecule has 3 nitrogen and oxygen atoms in total. The number of hydrogen-bond acceptors (Lipinski definition) is 2. The Balaban J connectivity index is 2.75. The highest BCUT2D eigenvalue weighted by molar-refractivity contribution is 5.84. The molecular formula is C11H11F5N2O. The van der Waals surface area contributed by atoms with Gasteiger partial charge in [-0.3, -0.25) is 4.79 Å². The van der Waals surface area contributed by atoms with Crippen molar-refractivity contribution in [1.29, 1.82) is 0 Å². The van der Waals surface area contributed by atoms with Crippen molar-refractivity contribution in [1.82, 2.24) is 5.32 Å². The van der Waals surface area contributed by atoms with Crippen molar-refractivity contribution >= 4 is 5.91 Å². The number of nitrogens with two attached hydrogens (primary N) is 1. The van der Waals surface area contributed by atoms with Crippen molar-refractivity contribution in [3.63, 3.8) is 0 Å². The smallest absolute Gasteiger partial charge is 0.346 e. The number of benzene rings is 1. The zero-order valence-electron chi connectivity index (χ0n) is 9.60. The first-order chi connectivity index (χ1) is 8.70. The van der Waals surface area contributed by atoms with E-state index in [4.69, 9.17) is 5.73 Å². The lowest BCUT2D eigenvalue weighted by atomic mass is 10.1. The molecule has 1 amide bonds. The second kappa shape index (κ2) is 5.52. The Kier molecular flexibility index (Phi) is 4.46. The number of rotatable bonds is 4. The van der Waals surface area contributed by atoms with Gasteiger partial charge in [-0.05, 0) is 11.1 Å². The van der Waals surface area contributed by atoms with Crippen LogP contribution in [0.4, 0.5) is 22.0 Å². The Hall–Kier alpha value is -1.70. The highest BCUT2D eigenvalue weighted by Gasteiger charge is 2.63. The van der Waals surface area contributed by atoms with E-state index in [1.165, 1.54) is 6.07 Å². The standard InChI is InChI=1S/C11H11F5N2O/c12-10(13,11(14,15)16)9(19)18-6-8-4-2-1-3-7(8)5-17/h1-4H,5-6,17H2,(H,18,19). The molecule has 0 spiro atoms. The third kappa shape index (κ3) is 3.40. The van der Waals surface area contributed by atoms with Crippen LogP contribution in [0.1, 0.15) is 11.1 Å². The minimum absolute atomic E-state index is 0.0850. The molecule has 0 aliphatic heterocycles. The molecule has 1 aromatic carbocycles. The molecule has 0 fully saturated rings. The molecule has 3 N–H and O–H groups in total. The number of halogens is 5. The second-order valence-electron chi connectivity index (χ2n) is 3.73. The van der Waals surface area contributed by atoms with Gasteiger partial charge >= 0.3 is 18.0 Å². The summed E-state index contributed by atoms with van der Waals surface area (Å²) in [5.41, 5.74) is 6.31. The van der Waals surface area contributed by atoms with E-state index in [1.807, 2.05) is 0 Å². The van der Waals surface area contributed by atoms with Gasteiger partial charge in [-0.1, -0.05) is 24.3 Å². The molecule has 0 saturated carbocycles. The topological polar surface area (TPSA) is 55.1 Å². The zero-order valence-corrected chi connectivity index (χ0v) is 9.60. The average Bonchev–Trinajstić information content (AvgIpc) is 2.34. The Morgan fingerprint density at radius 1 is 1.11 bits per heavy atom. The van der Waals surface area contributed by atoms with Crippen molar-refractivity contribution in [3.8, 4) is 0 Å². The summed E-state index contributed by atoms with van der Waals surface area (Å²) in [7, 11) is 0. The molecule has 0 aliphatic rings. The minimum atomic E-state index is -5.91. The van der Waals surface area contributed by atoms with E-state index in [0.29, 0.717) is 11.1 Å². The number of hydrogen-bond donors (Lipinski definition) is 2. The largest absolute Gasteiger partial charge is 0.463 e. The highest BCUT2D eigenvalue weighted by Crippen LogP contribution is 2.35. The molecule has 0 unspecified atom stereocenters. The zero-order chi connectivity index (χ0) is 14.7. The number of nitrogens with one attached hydrogen (secondary N) is 1. The molecular weight excluding hydrogens is 271 g/mol. The first-order valence-electron chi connectivity index (χ1n) is 5.20. The van der Waals surface area contributed by atoms with Crippen molar-refractivity contribution < 1.29 is 26.7 Å². The summed E-state index contributed by atoms with van der Waals surface area (Å²) < 4.78 is 61.1. The van der Waals surface area contributed by atoms with Crippen LogP contribution in [0.3, 0.4) is 0 Å². The molecule has 0 heterocycles. The molecule has 0 saturated heterocycles. The molecule has 106 valence electrons. The van der Waals surface area contributed by atoms with Gasteiger partial charge in [0.05, 0.1) is 0 Å². The predicted molar refractivity (Wildman–Crippen MR) is 57.2 cm³/mol. The van der Waals surface area contributed by atoms with E-state index in [-0.39, 0.29) is 6.54 Å². The third-order valence-corrected chi connectivity index (χ3v) is 2.42. The van der Waals surface area contributed by atoms with Crippen LogP contribution in [0, 0.1) is 0 Å². The molecule has 0 radical (unpaired) electrons. The number of carbonyl (C=O) groups excluding carboxylic acids is 1. The molecule has 8 heteroatoms. The summed E-state index contributed by atoms with van der Waals surface area (Å²) in [5, 5.41) is 1.56. The van der Waals surface area contributed by atoms with Crippen molar-refractivity contribution in [2.24, 2.45) is 5.73 Å². The van der Waals surface area contributed by atoms with Crippen LogP contribution in [0.25, 0.3) is 0 Å². The molecule has 19 heavy (non-hydrogen) atoms. The van der Waals surface area contributed by atoms with E-state index >= 15 is 0 Å². The normalized spacial score (nSPS) is 12.3. The Morgan fingerprint density at radius 2 is 1.63 bits per heavy atom. The SMILES string of the molecule is NCc1ccccc1CNC(=O)C(F)(F)C(F)(F)F. The van der Waals surface area contributed by atoms with E-state index in [9.17, 15) is 26.7 Å². The van der Waals surface area contributed by atoms with Gasteiger partial charge in [-0.25, -0.2) is 0 Å². The highest BCUT2D eigenvalue weighted by atomic mass is 19.4. The van der Waals surface area contributed by atoms with Crippen molar-refractivity contribution in [2.45, 2.75) is 25.2 Å². The van der Waals surface area contributed by atoms with Crippen LogP contribution in [0.5, 0.6) is 0 Å². The molecule has 1 aromatic rings. The van der Waals surface area contributed by atoms with E-state index < -0.39 is 24.6 Å². The van der Waals surface area contributed by atoms with Crippen LogP contribution in [0.2, 0.25) is 0 Å². The van der Waals surface area contributed by atoms with E-state index in [2.05, 4.69) is 0 Å². The predicted octanol–water partition coefficient (Wildman–Crippen LogP) is 1.96. The van der Waals surface area contributed by atoms with Crippen LogP contribution in [0.15, 0.2) is 24.3 Å².